The number of carbonyl (C=O) groups excluding carboxylic acids is 1. The number of carbonyl (C=O) groups is 1. The smallest absolute Gasteiger partial charge is 0.253 e. The molecule has 1 N–H and O–H groups in total. The van der Waals surface area contributed by atoms with Crippen LogP contribution in [0.15, 0.2) is 35.2 Å². The van der Waals surface area contributed by atoms with Gasteiger partial charge in [0, 0.05) is 31.2 Å². The molecule has 6 nitrogen and oxygen atoms in total. The maximum absolute atomic E-state index is 14.0. The summed E-state index contributed by atoms with van der Waals surface area (Å²) < 4.78 is 41.5. The Morgan fingerprint density at radius 1 is 1.06 bits per heavy atom. The number of pyridine rings is 1. The van der Waals surface area contributed by atoms with Gasteiger partial charge in [-0.25, -0.2) is 12.8 Å². The summed E-state index contributed by atoms with van der Waals surface area (Å²) in [5.74, 6) is -0.0850. The van der Waals surface area contributed by atoms with E-state index >= 15 is 0 Å². The number of aromatic nitrogens is 1. The van der Waals surface area contributed by atoms with Crippen LogP contribution in [0.1, 0.15) is 78.2 Å². The topological polar surface area (TPSA) is 79.4 Å². The van der Waals surface area contributed by atoms with E-state index in [-0.39, 0.29) is 16.7 Å². The fraction of sp³-hybridized carbons (Fsp3) is 0.538. The van der Waals surface area contributed by atoms with Gasteiger partial charge in [0.15, 0.2) is 0 Å². The Balaban J connectivity index is 1.45. The molecule has 1 saturated carbocycles. The van der Waals surface area contributed by atoms with Gasteiger partial charge >= 0.3 is 0 Å². The number of piperidine rings is 1. The van der Waals surface area contributed by atoms with Gasteiger partial charge in [0.25, 0.3) is 5.91 Å². The number of sulfonamides is 1. The van der Waals surface area contributed by atoms with Crippen LogP contribution < -0.4 is 5.32 Å². The molecule has 1 aromatic heterocycles. The number of nitrogens with zero attached hydrogens (tertiary/aromatic N) is 2. The predicted octanol–water partition coefficient (Wildman–Crippen LogP) is 4.72. The highest BCUT2D eigenvalue weighted by Crippen LogP contribution is 2.32. The summed E-state index contributed by atoms with van der Waals surface area (Å²) in [6.07, 6.45) is 7.20. The average Bonchev–Trinajstić information content (AvgIpc) is 2.85. The quantitative estimate of drug-likeness (QED) is 0.640. The molecule has 0 unspecified atom stereocenters. The number of aryl methyl sites for hydroxylation is 2. The first-order chi connectivity index (χ1) is 16.3. The van der Waals surface area contributed by atoms with Crippen LogP contribution in [0.4, 0.5) is 4.39 Å². The summed E-state index contributed by atoms with van der Waals surface area (Å²) in [6, 6.07) is 7.73. The van der Waals surface area contributed by atoms with E-state index in [4.69, 9.17) is 4.98 Å². The molecule has 8 heteroatoms. The van der Waals surface area contributed by atoms with Crippen molar-refractivity contribution in [2.24, 2.45) is 5.92 Å². The number of hydrogen-bond donors (Lipinski definition) is 1. The maximum Gasteiger partial charge on any atom is 0.253 e. The third kappa shape index (κ3) is 5.49. The van der Waals surface area contributed by atoms with E-state index in [9.17, 15) is 17.6 Å². The Labute approximate surface area is 202 Å². The highest BCUT2D eigenvalue weighted by molar-refractivity contribution is 7.89. The first kappa shape index (κ1) is 24.8. The molecule has 1 aromatic carbocycles. The molecule has 1 aliphatic carbocycles. The zero-order valence-electron chi connectivity index (χ0n) is 20.0. The van der Waals surface area contributed by atoms with Gasteiger partial charge in [-0.05, 0) is 75.3 Å². The molecule has 0 bridgehead atoms. The zero-order valence-corrected chi connectivity index (χ0v) is 20.8. The van der Waals surface area contributed by atoms with Crippen LogP contribution in [-0.4, -0.2) is 43.2 Å². The maximum atomic E-state index is 14.0. The van der Waals surface area contributed by atoms with E-state index < -0.39 is 15.8 Å². The minimum Gasteiger partial charge on any atom is -0.352 e. The molecule has 0 radical (unpaired) electrons. The zero-order chi connectivity index (χ0) is 24.3. The number of halogens is 1. The molecule has 34 heavy (non-hydrogen) atoms. The molecule has 2 aliphatic rings. The van der Waals surface area contributed by atoms with E-state index in [1.165, 1.54) is 35.7 Å². The van der Waals surface area contributed by atoms with Crippen LogP contribution in [0.5, 0.6) is 0 Å². The number of nitrogens with one attached hydrogen (secondary N) is 1. The van der Waals surface area contributed by atoms with E-state index in [1.54, 1.807) is 6.92 Å². The number of rotatable bonds is 6. The van der Waals surface area contributed by atoms with E-state index in [0.717, 1.165) is 30.3 Å². The predicted molar refractivity (Wildman–Crippen MR) is 130 cm³/mol. The second-order valence-electron chi connectivity index (χ2n) is 9.69. The minimum atomic E-state index is -3.77. The normalized spacial score (nSPS) is 18.7. The second kappa shape index (κ2) is 10.5. The van der Waals surface area contributed by atoms with Gasteiger partial charge in [-0.15, -0.1) is 0 Å². The fourth-order valence-electron chi connectivity index (χ4n) is 5.06. The van der Waals surface area contributed by atoms with Crippen molar-refractivity contribution in [1.82, 2.24) is 14.6 Å². The van der Waals surface area contributed by atoms with Crippen LogP contribution in [0.2, 0.25) is 0 Å². The molecule has 2 aromatic rings. The lowest BCUT2D eigenvalue weighted by Crippen LogP contribution is -2.38. The van der Waals surface area contributed by atoms with Gasteiger partial charge in [0.05, 0.1) is 16.2 Å². The van der Waals surface area contributed by atoms with Crippen LogP contribution >= 0.6 is 0 Å². The monoisotopic (exact) mass is 487 g/mol. The third-order valence-electron chi connectivity index (χ3n) is 7.21. The summed E-state index contributed by atoms with van der Waals surface area (Å²) in [5.41, 5.74) is 2.59. The fourth-order valence-corrected chi connectivity index (χ4v) is 6.54. The Morgan fingerprint density at radius 3 is 2.44 bits per heavy atom. The second-order valence-corrected chi connectivity index (χ2v) is 11.6. The number of benzene rings is 1. The molecule has 1 saturated heterocycles. The first-order valence-electron chi connectivity index (χ1n) is 12.3. The summed E-state index contributed by atoms with van der Waals surface area (Å²) >= 11 is 0. The van der Waals surface area contributed by atoms with Crippen LogP contribution in [0.3, 0.4) is 0 Å². The lowest BCUT2D eigenvalue weighted by Gasteiger charge is -2.32. The van der Waals surface area contributed by atoms with Gasteiger partial charge in [-0.1, -0.05) is 25.3 Å². The third-order valence-corrected chi connectivity index (χ3v) is 9.10. The Kier molecular flexibility index (Phi) is 7.67. The molecule has 1 aliphatic heterocycles. The van der Waals surface area contributed by atoms with Crippen molar-refractivity contribution in [2.45, 2.75) is 69.6 Å². The van der Waals surface area contributed by atoms with Crippen LogP contribution in [-0.2, 0) is 10.0 Å². The molecule has 184 valence electrons. The van der Waals surface area contributed by atoms with Gasteiger partial charge in [0.1, 0.15) is 5.82 Å². The molecular formula is C26H34FN3O3S. The molecule has 2 fully saturated rings. The summed E-state index contributed by atoms with van der Waals surface area (Å²) in [6.45, 7) is 4.81. The van der Waals surface area contributed by atoms with E-state index in [1.807, 2.05) is 19.1 Å². The highest BCUT2D eigenvalue weighted by Gasteiger charge is 2.32. The van der Waals surface area contributed by atoms with Gasteiger partial charge in [0.2, 0.25) is 10.0 Å². The minimum absolute atomic E-state index is 0.00321. The Bertz CT molecular complexity index is 1140. The lowest BCUT2D eigenvalue weighted by molar-refractivity contribution is 0.0941. The molecule has 0 spiro atoms. The molecule has 2 heterocycles. The van der Waals surface area contributed by atoms with Crippen LogP contribution in [0, 0.1) is 25.6 Å². The number of hydrogen-bond acceptors (Lipinski definition) is 4. The molecular weight excluding hydrogens is 453 g/mol. The SMILES string of the molecule is Cc1ccc(C(=O)NCC2CCCCC2)c(C2CCN(S(=O)(=O)c3ccc(C)c(F)c3)CC2)n1. The van der Waals surface area contributed by atoms with Gasteiger partial charge < -0.3 is 5.32 Å². The van der Waals surface area contributed by atoms with Crippen molar-refractivity contribution in [2.75, 3.05) is 19.6 Å². The van der Waals surface area contributed by atoms with Crippen LogP contribution in [0.25, 0.3) is 0 Å². The highest BCUT2D eigenvalue weighted by atomic mass is 32.2. The summed E-state index contributed by atoms with van der Waals surface area (Å²) in [4.78, 5) is 17.7. The summed E-state index contributed by atoms with van der Waals surface area (Å²) in [7, 11) is -3.77. The molecule has 0 atom stereocenters. The largest absolute Gasteiger partial charge is 0.352 e. The molecule has 1 amide bonds. The van der Waals surface area contributed by atoms with Crippen molar-refractivity contribution in [3.05, 3.63) is 58.7 Å². The Morgan fingerprint density at radius 2 is 1.76 bits per heavy atom. The summed E-state index contributed by atoms with van der Waals surface area (Å²) in [5, 5.41) is 3.11. The van der Waals surface area contributed by atoms with Crippen molar-refractivity contribution in [3.8, 4) is 0 Å². The lowest BCUT2D eigenvalue weighted by atomic mass is 9.89. The van der Waals surface area contributed by atoms with E-state index in [2.05, 4.69) is 5.32 Å². The Hall–Kier alpha value is -2.32. The van der Waals surface area contributed by atoms with Crippen molar-refractivity contribution in [1.29, 1.82) is 0 Å². The number of amides is 1. The standard InChI is InChI=1S/C26H34FN3O3S/c1-18-8-10-22(16-24(18)27)34(32,33)30-14-12-21(13-15-30)25-23(11-9-19(2)29-25)26(31)28-17-20-6-4-3-5-7-20/h8-11,16,20-21H,3-7,12-15,17H2,1-2H3,(H,28,31). The van der Waals surface area contributed by atoms with Gasteiger partial charge in [-0.3, -0.25) is 9.78 Å². The van der Waals surface area contributed by atoms with Crippen molar-refractivity contribution >= 4 is 15.9 Å². The molecule has 4 rings (SSSR count). The average molecular weight is 488 g/mol. The van der Waals surface area contributed by atoms with Crippen molar-refractivity contribution < 1.29 is 17.6 Å². The van der Waals surface area contributed by atoms with Crippen molar-refractivity contribution in [3.63, 3.8) is 0 Å². The first-order valence-corrected chi connectivity index (χ1v) is 13.7. The van der Waals surface area contributed by atoms with Gasteiger partial charge in [-0.2, -0.15) is 4.31 Å². The van der Waals surface area contributed by atoms with E-state index in [0.29, 0.717) is 49.5 Å².